The van der Waals surface area contributed by atoms with Crippen LogP contribution < -0.4 is 19.5 Å². The highest BCUT2D eigenvalue weighted by atomic mass is 32.2. The molecule has 3 N–H and O–H groups in total. The number of carbonyl (C=O) groups excluding carboxylic acids is 1. The third-order valence-corrected chi connectivity index (χ3v) is 4.84. The van der Waals surface area contributed by atoms with E-state index in [1.807, 2.05) is 0 Å². The van der Waals surface area contributed by atoms with Crippen LogP contribution in [0.4, 0.5) is 5.69 Å². The zero-order chi connectivity index (χ0) is 19.2. The maximum Gasteiger partial charge on any atom is 0.265 e. The van der Waals surface area contributed by atoms with Gasteiger partial charge in [0.05, 0.1) is 20.8 Å². The van der Waals surface area contributed by atoms with Gasteiger partial charge in [-0.25, -0.2) is 8.42 Å². The molecule has 2 aromatic carbocycles. The van der Waals surface area contributed by atoms with Gasteiger partial charge >= 0.3 is 0 Å². The van der Waals surface area contributed by atoms with Crippen LogP contribution in [0, 0.1) is 0 Å². The highest BCUT2D eigenvalue weighted by Crippen LogP contribution is 2.29. The molecular formula is C17H20N2O6S. The molecule has 2 rings (SSSR count). The molecule has 9 heteroatoms. The van der Waals surface area contributed by atoms with Gasteiger partial charge in [-0.1, -0.05) is 6.07 Å². The number of anilines is 1. The van der Waals surface area contributed by atoms with Crippen LogP contribution in [0.15, 0.2) is 47.4 Å². The normalized spacial score (nSPS) is 10.9. The molecule has 0 saturated carbocycles. The van der Waals surface area contributed by atoms with Crippen molar-refractivity contribution >= 4 is 21.6 Å². The molecule has 0 radical (unpaired) electrons. The third kappa shape index (κ3) is 4.64. The standard InChI is InChI=1S/C17H20N2O6S/c1-24-14-6-7-15(25-2)16(11-14)26(22,23)19-13-5-3-4-12(10-13)17(21)18-8-9-20/h3-7,10-11,19-20H,8-9H2,1-2H3,(H,18,21). The number of benzene rings is 2. The molecule has 8 nitrogen and oxygen atoms in total. The van der Waals surface area contributed by atoms with Crippen molar-refractivity contribution in [2.24, 2.45) is 0 Å². The molecule has 0 bridgehead atoms. The zero-order valence-electron chi connectivity index (χ0n) is 14.4. The highest BCUT2D eigenvalue weighted by molar-refractivity contribution is 7.92. The molecule has 0 saturated heterocycles. The quantitative estimate of drug-likeness (QED) is 0.635. The van der Waals surface area contributed by atoms with Gasteiger partial charge in [0.1, 0.15) is 16.4 Å². The van der Waals surface area contributed by atoms with Crippen molar-refractivity contribution in [1.29, 1.82) is 0 Å². The summed E-state index contributed by atoms with van der Waals surface area (Å²) >= 11 is 0. The van der Waals surface area contributed by atoms with Crippen molar-refractivity contribution < 1.29 is 27.8 Å². The first-order valence-electron chi connectivity index (χ1n) is 7.65. The molecule has 26 heavy (non-hydrogen) atoms. The fourth-order valence-corrected chi connectivity index (χ4v) is 3.43. The van der Waals surface area contributed by atoms with Crippen molar-refractivity contribution in [1.82, 2.24) is 5.32 Å². The van der Waals surface area contributed by atoms with Gasteiger partial charge in [0.25, 0.3) is 15.9 Å². The van der Waals surface area contributed by atoms with Crippen LogP contribution in [-0.4, -0.2) is 46.8 Å². The lowest BCUT2D eigenvalue weighted by Crippen LogP contribution is -2.26. The number of nitrogens with one attached hydrogen (secondary N) is 2. The molecule has 0 aliphatic carbocycles. The summed E-state index contributed by atoms with van der Waals surface area (Å²) in [6, 6.07) is 10.4. The molecule has 0 aliphatic rings. The first kappa shape index (κ1) is 19.5. The van der Waals surface area contributed by atoms with Gasteiger partial charge < -0.3 is 19.9 Å². The summed E-state index contributed by atoms with van der Waals surface area (Å²) in [4.78, 5) is 11.9. The summed E-state index contributed by atoms with van der Waals surface area (Å²) in [5, 5.41) is 11.3. The van der Waals surface area contributed by atoms with Crippen LogP contribution in [0.25, 0.3) is 0 Å². The van der Waals surface area contributed by atoms with Gasteiger partial charge in [-0.15, -0.1) is 0 Å². The molecule has 0 fully saturated rings. The Morgan fingerprint density at radius 2 is 1.88 bits per heavy atom. The Hall–Kier alpha value is -2.78. The van der Waals surface area contributed by atoms with E-state index in [4.69, 9.17) is 14.6 Å². The topological polar surface area (TPSA) is 114 Å². The Labute approximate surface area is 151 Å². The number of ether oxygens (including phenoxy) is 2. The summed E-state index contributed by atoms with van der Waals surface area (Å²) in [5.41, 5.74) is 0.475. The van der Waals surface area contributed by atoms with Gasteiger partial charge in [0.2, 0.25) is 0 Å². The minimum absolute atomic E-state index is 0.0884. The fraction of sp³-hybridized carbons (Fsp3) is 0.235. The molecule has 1 amide bonds. The van der Waals surface area contributed by atoms with Crippen LogP contribution in [0.3, 0.4) is 0 Å². The molecule has 140 valence electrons. The molecule has 2 aromatic rings. The number of carbonyl (C=O) groups is 1. The Kier molecular flexibility index (Phi) is 6.42. The summed E-state index contributed by atoms with van der Waals surface area (Å²) in [7, 11) is -1.18. The second-order valence-corrected chi connectivity index (χ2v) is 6.83. The number of hydrogen-bond acceptors (Lipinski definition) is 6. The molecule has 0 spiro atoms. The van der Waals surface area contributed by atoms with E-state index in [2.05, 4.69) is 10.0 Å². The third-order valence-electron chi connectivity index (χ3n) is 3.43. The molecule has 0 aromatic heterocycles. The Bertz CT molecular complexity index is 883. The predicted molar refractivity (Wildman–Crippen MR) is 96.2 cm³/mol. The van der Waals surface area contributed by atoms with E-state index in [9.17, 15) is 13.2 Å². The van der Waals surface area contributed by atoms with Crippen LogP contribution >= 0.6 is 0 Å². The highest BCUT2D eigenvalue weighted by Gasteiger charge is 2.21. The molecule has 0 heterocycles. The van der Waals surface area contributed by atoms with Crippen molar-refractivity contribution in [2.75, 3.05) is 32.1 Å². The van der Waals surface area contributed by atoms with E-state index in [0.717, 1.165) is 0 Å². The van der Waals surface area contributed by atoms with Crippen molar-refractivity contribution in [3.05, 3.63) is 48.0 Å². The molecular weight excluding hydrogens is 360 g/mol. The van der Waals surface area contributed by atoms with E-state index < -0.39 is 15.9 Å². The summed E-state index contributed by atoms with van der Waals surface area (Å²) < 4.78 is 38.0. The first-order chi connectivity index (χ1) is 12.4. The lowest BCUT2D eigenvalue weighted by Gasteiger charge is -2.13. The second kappa shape index (κ2) is 8.54. The van der Waals surface area contributed by atoms with Gasteiger partial charge in [-0.3, -0.25) is 9.52 Å². The average molecular weight is 380 g/mol. The van der Waals surface area contributed by atoms with Crippen LogP contribution in [0.5, 0.6) is 11.5 Å². The van der Waals surface area contributed by atoms with Crippen molar-refractivity contribution in [2.45, 2.75) is 4.90 Å². The van der Waals surface area contributed by atoms with Crippen molar-refractivity contribution in [3.63, 3.8) is 0 Å². The minimum Gasteiger partial charge on any atom is -0.497 e. The minimum atomic E-state index is -3.97. The summed E-state index contributed by atoms with van der Waals surface area (Å²) in [5.74, 6) is 0.109. The first-order valence-corrected chi connectivity index (χ1v) is 9.13. The van der Waals surface area contributed by atoms with E-state index in [1.165, 1.54) is 44.6 Å². The molecule has 0 unspecified atom stereocenters. The van der Waals surface area contributed by atoms with Gasteiger partial charge in [-0.2, -0.15) is 0 Å². The monoisotopic (exact) mass is 380 g/mol. The predicted octanol–water partition coefficient (Wildman–Crippen LogP) is 1.23. The van der Waals surface area contributed by atoms with Crippen LogP contribution in [-0.2, 0) is 10.0 Å². The number of sulfonamides is 1. The van der Waals surface area contributed by atoms with Gasteiger partial charge in [-0.05, 0) is 30.3 Å². The Morgan fingerprint density at radius 1 is 1.12 bits per heavy atom. The van der Waals surface area contributed by atoms with E-state index in [1.54, 1.807) is 12.1 Å². The number of amides is 1. The van der Waals surface area contributed by atoms with Gasteiger partial charge in [0, 0.05) is 23.9 Å². The fourth-order valence-electron chi connectivity index (χ4n) is 2.20. The van der Waals surface area contributed by atoms with Crippen LogP contribution in [0.2, 0.25) is 0 Å². The van der Waals surface area contributed by atoms with E-state index in [0.29, 0.717) is 5.75 Å². The number of aliphatic hydroxyl groups is 1. The smallest absolute Gasteiger partial charge is 0.265 e. The maximum absolute atomic E-state index is 12.7. The second-order valence-electron chi connectivity index (χ2n) is 5.18. The number of hydrogen-bond donors (Lipinski definition) is 3. The van der Waals surface area contributed by atoms with Crippen molar-refractivity contribution in [3.8, 4) is 11.5 Å². The van der Waals surface area contributed by atoms with E-state index >= 15 is 0 Å². The molecule has 0 atom stereocenters. The number of rotatable bonds is 8. The lowest BCUT2D eigenvalue weighted by atomic mass is 10.2. The number of methoxy groups -OCH3 is 2. The lowest BCUT2D eigenvalue weighted by molar-refractivity contribution is 0.0945. The summed E-state index contributed by atoms with van der Waals surface area (Å²) in [6.45, 7) is -0.0799. The van der Waals surface area contributed by atoms with Gasteiger partial charge in [0.15, 0.2) is 0 Å². The largest absolute Gasteiger partial charge is 0.497 e. The zero-order valence-corrected chi connectivity index (χ0v) is 15.2. The maximum atomic E-state index is 12.7. The van der Waals surface area contributed by atoms with E-state index in [-0.39, 0.29) is 35.0 Å². The number of aliphatic hydroxyl groups excluding tert-OH is 1. The SMILES string of the molecule is COc1ccc(OC)c(S(=O)(=O)Nc2cccc(C(=O)NCCO)c2)c1. The van der Waals surface area contributed by atoms with Crippen LogP contribution in [0.1, 0.15) is 10.4 Å². The molecule has 0 aliphatic heterocycles. The Morgan fingerprint density at radius 3 is 2.54 bits per heavy atom. The Balaban J connectivity index is 2.31. The summed E-state index contributed by atoms with van der Waals surface area (Å²) in [6.07, 6.45) is 0. The average Bonchev–Trinajstić information content (AvgIpc) is 2.65.